The molecule has 4 nitrogen and oxygen atoms in total. The number of hydrogen-bond acceptors (Lipinski definition) is 4. The standard InChI is InChI=1S/C20H20N4/c1-14-9-7-8-12-17(14)19-21-13-18-20(22-19)24(15(2)23(18)3)16-10-5-4-6-11-16/h4-13,15H,1-3H3. The van der Waals surface area contributed by atoms with Gasteiger partial charge in [-0.15, -0.1) is 0 Å². The molecule has 24 heavy (non-hydrogen) atoms. The summed E-state index contributed by atoms with van der Waals surface area (Å²) in [5, 5.41) is 0. The highest BCUT2D eigenvalue weighted by molar-refractivity contribution is 5.81. The van der Waals surface area contributed by atoms with E-state index < -0.39 is 0 Å². The van der Waals surface area contributed by atoms with Gasteiger partial charge in [0.05, 0.1) is 6.20 Å². The van der Waals surface area contributed by atoms with Gasteiger partial charge in [0.1, 0.15) is 11.9 Å². The Labute approximate surface area is 142 Å². The second kappa shape index (κ2) is 5.64. The van der Waals surface area contributed by atoms with Crippen LogP contribution < -0.4 is 9.80 Å². The van der Waals surface area contributed by atoms with E-state index in [-0.39, 0.29) is 6.17 Å². The third-order valence-corrected chi connectivity index (χ3v) is 4.71. The van der Waals surface area contributed by atoms with Crippen molar-refractivity contribution in [2.24, 2.45) is 0 Å². The van der Waals surface area contributed by atoms with Crippen molar-refractivity contribution in [3.05, 3.63) is 66.4 Å². The minimum absolute atomic E-state index is 0.198. The van der Waals surface area contributed by atoms with Gasteiger partial charge in [0.15, 0.2) is 11.6 Å². The van der Waals surface area contributed by atoms with E-state index in [1.807, 2.05) is 24.4 Å². The molecule has 0 radical (unpaired) electrons. The maximum Gasteiger partial charge on any atom is 0.162 e. The normalized spacial score (nSPS) is 16.4. The summed E-state index contributed by atoms with van der Waals surface area (Å²) in [6, 6.07) is 18.6. The summed E-state index contributed by atoms with van der Waals surface area (Å²) in [4.78, 5) is 14.0. The monoisotopic (exact) mass is 316 g/mol. The second-order valence-electron chi connectivity index (χ2n) is 6.17. The summed E-state index contributed by atoms with van der Waals surface area (Å²) in [7, 11) is 2.09. The number of para-hydroxylation sites is 1. The fourth-order valence-corrected chi connectivity index (χ4v) is 3.22. The number of anilines is 3. The SMILES string of the molecule is Cc1ccccc1-c1ncc2c(n1)N(c1ccccc1)C(C)N2C. The zero-order chi connectivity index (χ0) is 16.7. The van der Waals surface area contributed by atoms with Crippen LogP contribution in [0.2, 0.25) is 0 Å². The van der Waals surface area contributed by atoms with Gasteiger partial charge in [-0.05, 0) is 31.5 Å². The van der Waals surface area contributed by atoms with Gasteiger partial charge < -0.3 is 9.80 Å². The number of hydrogen-bond donors (Lipinski definition) is 0. The summed E-state index contributed by atoms with van der Waals surface area (Å²) in [5.41, 5.74) is 4.47. The third-order valence-electron chi connectivity index (χ3n) is 4.71. The van der Waals surface area contributed by atoms with E-state index in [1.165, 1.54) is 5.56 Å². The molecule has 3 aromatic rings. The lowest BCUT2D eigenvalue weighted by atomic mass is 10.1. The van der Waals surface area contributed by atoms with E-state index in [4.69, 9.17) is 4.98 Å². The predicted molar refractivity (Wildman–Crippen MR) is 98.7 cm³/mol. The van der Waals surface area contributed by atoms with Crippen molar-refractivity contribution in [2.45, 2.75) is 20.0 Å². The molecule has 0 bridgehead atoms. The molecule has 4 rings (SSSR count). The van der Waals surface area contributed by atoms with Crippen LogP contribution in [0.3, 0.4) is 0 Å². The summed E-state index contributed by atoms with van der Waals surface area (Å²) in [5.74, 6) is 1.74. The van der Waals surface area contributed by atoms with Crippen LogP contribution in [-0.4, -0.2) is 23.2 Å². The smallest absolute Gasteiger partial charge is 0.162 e. The number of aromatic nitrogens is 2. The van der Waals surface area contributed by atoms with E-state index >= 15 is 0 Å². The molecule has 2 heterocycles. The van der Waals surface area contributed by atoms with Crippen molar-refractivity contribution >= 4 is 17.2 Å². The molecule has 1 aliphatic heterocycles. The van der Waals surface area contributed by atoms with E-state index in [1.54, 1.807) is 0 Å². The van der Waals surface area contributed by atoms with E-state index in [0.29, 0.717) is 0 Å². The van der Waals surface area contributed by atoms with Gasteiger partial charge in [0.25, 0.3) is 0 Å². The summed E-state index contributed by atoms with van der Waals surface area (Å²) in [6.45, 7) is 4.28. The first-order valence-electron chi connectivity index (χ1n) is 8.17. The summed E-state index contributed by atoms with van der Waals surface area (Å²) < 4.78 is 0. The van der Waals surface area contributed by atoms with Gasteiger partial charge >= 0.3 is 0 Å². The number of aryl methyl sites for hydroxylation is 1. The van der Waals surface area contributed by atoms with Crippen molar-refractivity contribution in [3.63, 3.8) is 0 Å². The molecule has 2 aromatic carbocycles. The molecule has 0 saturated carbocycles. The fraction of sp³-hybridized carbons (Fsp3) is 0.200. The van der Waals surface area contributed by atoms with Crippen LogP contribution in [0.1, 0.15) is 12.5 Å². The molecule has 0 spiro atoms. The lowest BCUT2D eigenvalue weighted by molar-refractivity contribution is 0.731. The zero-order valence-corrected chi connectivity index (χ0v) is 14.1. The van der Waals surface area contributed by atoms with E-state index in [2.05, 4.69) is 72.1 Å². The molecule has 4 heteroatoms. The predicted octanol–water partition coefficient (Wildman–Crippen LogP) is 4.39. The average molecular weight is 316 g/mol. The molecule has 1 atom stereocenters. The number of rotatable bonds is 2. The van der Waals surface area contributed by atoms with Crippen LogP contribution >= 0.6 is 0 Å². The van der Waals surface area contributed by atoms with Gasteiger partial charge in [-0.1, -0.05) is 42.5 Å². The topological polar surface area (TPSA) is 32.3 Å². The molecule has 1 unspecified atom stereocenters. The van der Waals surface area contributed by atoms with Crippen molar-refractivity contribution in [1.82, 2.24) is 9.97 Å². The largest absolute Gasteiger partial charge is 0.350 e. The van der Waals surface area contributed by atoms with E-state index in [9.17, 15) is 0 Å². The molecular formula is C20H20N4. The molecule has 0 saturated heterocycles. The highest BCUT2D eigenvalue weighted by Crippen LogP contribution is 2.42. The highest BCUT2D eigenvalue weighted by Gasteiger charge is 2.33. The van der Waals surface area contributed by atoms with Crippen LogP contribution in [0.15, 0.2) is 60.8 Å². The first-order valence-corrected chi connectivity index (χ1v) is 8.17. The van der Waals surface area contributed by atoms with Gasteiger partial charge in [0, 0.05) is 18.3 Å². The van der Waals surface area contributed by atoms with Crippen LogP contribution in [0, 0.1) is 6.92 Å². The maximum atomic E-state index is 4.92. The Morgan fingerprint density at radius 2 is 1.67 bits per heavy atom. The maximum absolute atomic E-state index is 4.92. The molecule has 120 valence electrons. The molecule has 0 fully saturated rings. The minimum Gasteiger partial charge on any atom is -0.350 e. The number of fused-ring (bicyclic) bond motifs is 1. The van der Waals surface area contributed by atoms with Crippen LogP contribution in [-0.2, 0) is 0 Å². The van der Waals surface area contributed by atoms with Crippen LogP contribution in [0.25, 0.3) is 11.4 Å². The quantitative estimate of drug-likeness (QED) is 0.702. The second-order valence-corrected chi connectivity index (χ2v) is 6.17. The molecule has 0 aliphatic carbocycles. The Balaban J connectivity index is 1.86. The van der Waals surface area contributed by atoms with Crippen molar-refractivity contribution in [2.75, 3.05) is 16.8 Å². The average Bonchev–Trinajstić information content (AvgIpc) is 2.86. The van der Waals surface area contributed by atoms with Gasteiger partial charge in [0.2, 0.25) is 0 Å². The van der Waals surface area contributed by atoms with Crippen LogP contribution in [0.4, 0.5) is 17.2 Å². The summed E-state index contributed by atoms with van der Waals surface area (Å²) >= 11 is 0. The van der Waals surface area contributed by atoms with Crippen molar-refractivity contribution < 1.29 is 0 Å². The number of benzene rings is 2. The zero-order valence-electron chi connectivity index (χ0n) is 14.1. The van der Waals surface area contributed by atoms with Gasteiger partial charge in [-0.2, -0.15) is 0 Å². The Hall–Kier alpha value is -2.88. The Bertz CT molecular complexity index is 876. The summed E-state index contributed by atoms with van der Waals surface area (Å²) in [6.07, 6.45) is 2.13. The van der Waals surface area contributed by atoms with Gasteiger partial charge in [-0.3, -0.25) is 0 Å². The Kier molecular flexibility index (Phi) is 3.45. The Morgan fingerprint density at radius 1 is 0.958 bits per heavy atom. The van der Waals surface area contributed by atoms with Gasteiger partial charge in [-0.25, -0.2) is 9.97 Å². The molecule has 1 aromatic heterocycles. The van der Waals surface area contributed by atoms with Crippen LogP contribution in [0.5, 0.6) is 0 Å². The third kappa shape index (κ3) is 2.22. The van der Waals surface area contributed by atoms with E-state index in [0.717, 1.165) is 28.6 Å². The minimum atomic E-state index is 0.198. The number of nitrogens with zero attached hydrogens (tertiary/aromatic N) is 4. The lowest BCUT2D eigenvalue weighted by Gasteiger charge is -2.26. The lowest BCUT2D eigenvalue weighted by Crippen LogP contribution is -2.35. The Morgan fingerprint density at radius 3 is 2.42 bits per heavy atom. The first-order chi connectivity index (χ1) is 11.7. The molecular weight excluding hydrogens is 296 g/mol. The highest BCUT2D eigenvalue weighted by atomic mass is 15.4. The molecule has 0 N–H and O–H groups in total. The molecule has 1 aliphatic rings. The first kappa shape index (κ1) is 14.7. The van der Waals surface area contributed by atoms with Crippen molar-refractivity contribution in [3.8, 4) is 11.4 Å². The molecule has 0 amide bonds. The fourth-order valence-electron chi connectivity index (χ4n) is 3.22. The van der Waals surface area contributed by atoms with Crippen molar-refractivity contribution in [1.29, 1.82) is 0 Å².